The summed E-state index contributed by atoms with van der Waals surface area (Å²) in [5.74, 6) is 0.172. The minimum atomic E-state index is -0.680. The number of nitrogens with one attached hydrogen (secondary N) is 1. The van der Waals surface area contributed by atoms with Gasteiger partial charge < -0.3 is 20.7 Å². The van der Waals surface area contributed by atoms with Crippen molar-refractivity contribution in [2.24, 2.45) is 5.73 Å². The van der Waals surface area contributed by atoms with E-state index in [0.29, 0.717) is 23.4 Å². The highest BCUT2D eigenvalue weighted by Gasteiger charge is 2.31. The van der Waals surface area contributed by atoms with Crippen LogP contribution >= 0.6 is 12.2 Å². The maximum absolute atomic E-state index is 11.5. The highest BCUT2D eigenvalue weighted by atomic mass is 32.1. The number of carbonyl (C=O) groups is 1. The molecule has 1 heterocycles. The van der Waals surface area contributed by atoms with Crippen molar-refractivity contribution in [1.82, 2.24) is 5.32 Å². The van der Waals surface area contributed by atoms with E-state index in [4.69, 9.17) is 22.7 Å². The van der Waals surface area contributed by atoms with Gasteiger partial charge >= 0.3 is 0 Å². The second-order valence-corrected chi connectivity index (χ2v) is 6.26. The molecule has 2 aliphatic rings. The predicted octanol–water partition coefficient (Wildman–Crippen LogP) is 1.95. The number of amides is 1. The van der Waals surface area contributed by atoms with Crippen molar-refractivity contribution in [3.05, 3.63) is 24.3 Å². The maximum atomic E-state index is 11.5. The SMILES string of the molecule is NC(=O)[C@@H]1CN(C(=S)NC2CCCCC2)c2ccccc2O1. The molecule has 1 amide bonds. The van der Waals surface area contributed by atoms with E-state index >= 15 is 0 Å². The Morgan fingerprint density at radius 3 is 2.73 bits per heavy atom. The summed E-state index contributed by atoms with van der Waals surface area (Å²) >= 11 is 5.58. The molecule has 1 aromatic rings. The van der Waals surface area contributed by atoms with Gasteiger partial charge in [-0.15, -0.1) is 0 Å². The highest BCUT2D eigenvalue weighted by Crippen LogP contribution is 2.33. The number of hydrogen-bond acceptors (Lipinski definition) is 3. The predicted molar refractivity (Wildman–Crippen MR) is 90.0 cm³/mol. The van der Waals surface area contributed by atoms with Crippen LogP contribution in [-0.2, 0) is 4.79 Å². The van der Waals surface area contributed by atoms with Crippen molar-refractivity contribution in [3.8, 4) is 5.75 Å². The third-order valence-electron chi connectivity index (χ3n) is 4.27. The van der Waals surface area contributed by atoms with Gasteiger partial charge in [0.1, 0.15) is 5.75 Å². The normalized spacial score (nSPS) is 21.6. The van der Waals surface area contributed by atoms with Gasteiger partial charge in [-0.1, -0.05) is 31.4 Å². The van der Waals surface area contributed by atoms with Gasteiger partial charge in [-0.25, -0.2) is 0 Å². The molecule has 0 unspecified atom stereocenters. The molecule has 118 valence electrons. The van der Waals surface area contributed by atoms with Crippen LogP contribution in [0.3, 0.4) is 0 Å². The Kier molecular flexibility index (Phi) is 4.47. The molecule has 0 radical (unpaired) electrons. The number of hydrogen-bond donors (Lipinski definition) is 2. The Morgan fingerprint density at radius 2 is 2.00 bits per heavy atom. The molecule has 3 N–H and O–H groups in total. The molecule has 1 fully saturated rings. The lowest BCUT2D eigenvalue weighted by atomic mass is 9.96. The van der Waals surface area contributed by atoms with Crippen LogP contribution in [0, 0.1) is 0 Å². The van der Waals surface area contributed by atoms with E-state index < -0.39 is 12.0 Å². The van der Waals surface area contributed by atoms with Gasteiger partial charge in [0.25, 0.3) is 5.91 Å². The van der Waals surface area contributed by atoms with Gasteiger partial charge in [-0.05, 0) is 37.2 Å². The summed E-state index contributed by atoms with van der Waals surface area (Å²) in [5.41, 5.74) is 6.30. The quantitative estimate of drug-likeness (QED) is 0.816. The number of fused-ring (bicyclic) bond motifs is 1. The zero-order valence-electron chi connectivity index (χ0n) is 12.5. The van der Waals surface area contributed by atoms with Crippen molar-refractivity contribution in [2.75, 3.05) is 11.4 Å². The molecule has 6 heteroatoms. The first-order valence-electron chi connectivity index (χ1n) is 7.78. The number of rotatable bonds is 2. The van der Waals surface area contributed by atoms with E-state index in [1.807, 2.05) is 29.2 Å². The minimum Gasteiger partial charge on any atom is -0.477 e. The van der Waals surface area contributed by atoms with Gasteiger partial charge in [-0.2, -0.15) is 0 Å². The molecule has 1 aliphatic carbocycles. The van der Waals surface area contributed by atoms with Crippen molar-refractivity contribution < 1.29 is 9.53 Å². The number of benzene rings is 1. The Hall–Kier alpha value is -1.82. The fourth-order valence-electron chi connectivity index (χ4n) is 3.07. The van der Waals surface area contributed by atoms with Gasteiger partial charge in [-0.3, -0.25) is 4.79 Å². The molecular formula is C16H21N3O2S. The molecule has 1 aromatic carbocycles. The number of para-hydroxylation sites is 2. The van der Waals surface area contributed by atoms with Crippen LogP contribution in [-0.4, -0.2) is 29.7 Å². The lowest BCUT2D eigenvalue weighted by Crippen LogP contribution is -2.53. The smallest absolute Gasteiger partial charge is 0.260 e. The minimum absolute atomic E-state index is 0.352. The second-order valence-electron chi connectivity index (χ2n) is 5.87. The number of nitrogens with zero attached hydrogens (tertiary/aromatic N) is 1. The lowest BCUT2D eigenvalue weighted by molar-refractivity contribution is -0.124. The molecule has 3 rings (SSSR count). The van der Waals surface area contributed by atoms with Crippen molar-refractivity contribution in [2.45, 2.75) is 44.2 Å². The average molecular weight is 319 g/mol. The van der Waals surface area contributed by atoms with Crippen LogP contribution < -0.4 is 20.7 Å². The number of ether oxygens (including phenoxy) is 1. The first kappa shape index (κ1) is 15.1. The van der Waals surface area contributed by atoms with Crippen LogP contribution in [0.5, 0.6) is 5.75 Å². The summed E-state index contributed by atoms with van der Waals surface area (Å²) in [6.07, 6.45) is 5.39. The number of carbonyl (C=O) groups excluding carboxylic acids is 1. The van der Waals surface area contributed by atoms with E-state index in [1.54, 1.807) is 0 Å². The van der Waals surface area contributed by atoms with Gasteiger partial charge in [0, 0.05) is 6.04 Å². The van der Waals surface area contributed by atoms with Crippen LogP contribution in [0.4, 0.5) is 5.69 Å². The first-order chi connectivity index (χ1) is 10.6. The summed E-state index contributed by atoms with van der Waals surface area (Å²) in [5, 5.41) is 4.09. The average Bonchev–Trinajstić information content (AvgIpc) is 2.54. The summed E-state index contributed by atoms with van der Waals surface area (Å²) in [6.45, 7) is 0.352. The van der Waals surface area contributed by atoms with Crippen LogP contribution in [0.2, 0.25) is 0 Å². The fourth-order valence-corrected chi connectivity index (χ4v) is 3.41. The van der Waals surface area contributed by atoms with Crippen LogP contribution in [0.1, 0.15) is 32.1 Å². The largest absolute Gasteiger partial charge is 0.477 e. The molecule has 1 atom stereocenters. The molecule has 1 saturated carbocycles. The third-order valence-corrected chi connectivity index (χ3v) is 4.61. The first-order valence-corrected chi connectivity index (χ1v) is 8.19. The molecule has 5 nitrogen and oxygen atoms in total. The van der Waals surface area contributed by atoms with Crippen LogP contribution in [0.25, 0.3) is 0 Å². The number of thiocarbonyl (C=S) groups is 1. The fraction of sp³-hybridized carbons (Fsp3) is 0.500. The van der Waals surface area contributed by atoms with E-state index in [0.717, 1.165) is 18.5 Å². The molecule has 0 spiro atoms. The molecule has 0 aromatic heterocycles. The number of nitrogens with two attached hydrogens (primary N) is 1. The third kappa shape index (κ3) is 3.16. The topological polar surface area (TPSA) is 67.6 Å². The van der Waals surface area contributed by atoms with E-state index in [1.165, 1.54) is 19.3 Å². The van der Waals surface area contributed by atoms with Crippen LogP contribution in [0.15, 0.2) is 24.3 Å². The van der Waals surface area contributed by atoms with E-state index in [-0.39, 0.29) is 0 Å². The lowest BCUT2D eigenvalue weighted by Gasteiger charge is -2.36. The molecular weight excluding hydrogens is 298 g/mol. The van der Waals surface area contributed by atoms with Crippen molar-refractivity contribution >= 4 is 28.9 Å². The summed E-state index contributed by atoms with van der Waals surface area (Å²) < 4.78 is 5.66. The number of primary amides is 1. The van der Waals surface area contributed by atoms with Gasteiger partial charge in [0.05, 0.1) is 12.2 Å². The van der Waals surface area contributed by atoms with Crippen molar-refractivity contribution in [3.63, 3.8) is 0 Å². The zero-order chi connectivity index (χ0) is 15.5. The Balaban J connectivity index is 1.78. The summed E-state index contributed by atoms with van der Waals surface area (Å²) in [6, 6.07) is 8.01. The number of anilines is 1. The van der Waals surface area contributed by atoms with Crippen molar-refractivity contribution in [1.29, 1.82) is 0 Å². The van der Waals surface area contributed by atoms with E-state index in [9.17, 15) is 4.79 Å². The van der Waals surface area contributed by atoms with Gasteiger partial charge in [0.15, 0.2) is 11.2 Å². The molecule has 0 bridgehead atoms. The monoisotopic (exact) mass is 319 g/mol. The Labute approximate surface area is 135 Å². The highest BCUT2D eigenvalue weighted by molar-refractivity contribution is 7.80. The summed E-state index contributed by atoms with van der Waals surface area (Å²) in [4.78, 5) is 13.5. The second kappa shape index (κ2) is 6.52. The Bertz CT molecular complexity index is 572. The standard InChI is InChI=1S/C16H21N3O2S/c17-15(20)14-10-19(12-8-4-5-9-13(12)21-14)16(22)18-11-6-2-1-3-7-11/h4-5,8-9,11,14H,1-3,6-7,10H2,(H2,17,20)(H,18,22)/t14-/m0/s1. The molecule has 0 saturated heterocycles. The Morgan fingerprint density at radius 1 is 1.27 bits per heavy atom. The maximum Gasteiger partial charge on any atom is 0.260 e. The van der Waals surface area contributed by atoms with Gasteiger partial charge in [0.2, 0.25) is 0 Å². The zero-order valence-corrected chi connectivity index (χ0v) is 13.3. The summed E-state index contributed by atoms with van der Waals surface area (Å²) in [7, 11) is 0. The molecule has 22 heavy (non-hydrogen) atoms. The van der Waals surface area contributed by atoms with E-state index in [2.05, 4.69) is 5.32 Å². The molecule has 1 aliphatic heterocycles.